The monoisotopic (exact) mass is 124 g/mol. The molecular formula is C6H8N2O. The summed E-state index contributed by atoms with van der Waals surface area (Å²) >= 11 is 0. The highest BCUT2D eigenvalue weighted by Crippen LogP contribution is 1.77. The molecule has 0 aliphatic heterocycles. The van der Waals surface area contributed by atoms with Gasteiger partial charge in [0.05, 0.1) is 6.33 Å². The van der Waals surface area contributed by atoms with Crippen molar-refractivity contribution in [3.8, 4) is 0 Å². The third kappa shape index (κ3) is 1.38. The second kappa shape index (κ2) is 2.44. The first-order valence-electron chi connectivity index (χ1n) is 2.85. The molecule has 0 bridgehead atoms. The van der Waals surface area contributed by atoms with E-state index in [2.05, 4.69) is 4.98 Å². The van der Waals surface area contributed by atoms with Crippen molar-refractivity contribution >= 4 is 0 Å². The second-order valence-electron chi connectivity index (χ2n) is 1.73. The van der Waals surface area contributed by atoms with Gasteiger partial charge in [0.1, 0.15) is 0 Å². The van der Waals surface area contributed by atoms with Crippen molar-refractivity contribution in [2.24, 2.45) is 0 Å². The Morgan fingerprint density at radius 2 is 2.56 bits per heavy atom. The molecule has 0 fully saturated rings. The minimum absolute atomic E-state index is 0.181. The molecule has 0 aliphatic rings. The van der Waals surface area contributed by atoms with Gasteiger partial charge in [-0.1, -0.05) is 0 Å². The molecule has 48 valence electrons. The lowest BCUT2D eigenvalue weighted by Gasteiger charge is -1.95. The first-order valence-corrected chi connectivity index (χ1v) is 2.85. The van der Waals surface area contributed by atoms with Crippen LogP contribution < -0.4 is 5.56 Å². The van der Waals surface area contributed by atoms with E-state index < -0.39 is 0 Å². The highest BCUT2D eigenvalue weighted by atomic mass is 16.1. The summed E-state index contributed by atoms with van der Waals surface area (Å²) in [5, 5.41) is 0. The molecule has 0 amide bonds. The van der Waals surface area contributed by atoms with Crippen LogP contribution >= 0.6 is 0 Å². The summed E-state index contributed by atoms with van der Waals surface area (Å²) in [5.41, 5.74) is -0.181. The van der Waals surface area contributed by atoms with E-state index in [1.165, 1.54) is 12.4 Å². The lowest BCUT2D eigenvalue weighted by atomic mass is 10.6. The number of nitrogens with zero attached hydrogens (tertiary/aromatic N) is 2. The number of aromatic nitrogens is 2. The van der Waals surface area contributed by atoms with E-state index in [4.69, 9.17) is 0 Å². The zero-order valence-corrected chi connectivity index (χ0v) is 5.24. The first kappa shape index (κ1) is 6.01. The average molecular weight is 124 g/mol. The maximum Gasteiger partial charge on any atom is 0.272 e. The summed E-state index contributed by atoms with van der Waals surface area (Å²) in [7, 11) is 0. The molecule has 1 aromatic rings. The molecule has 3 nitrogen and oxygen atoms in total. The maximum atomic E-state index is 10.4. The standard InChI is InChI=1S/C6H8N2O/c1-2-8-4-3-6(9)7-5-8/h3-5H,2H2,1H3. The number of aryl methyl sites for hydroxylation is 1. The molecule has 1 aromatic heterocycles. The van der Waals surface area contributed by atoms with Crippen LogP contribution in [0.2, 0.25) is 0 Å². The molecule has 0 saturated heterocycles. The highest BCUT2D eigenvalue weighted by molar-refractivity contribution is 4.80. The van der Waals surface area contributed by atoms with Gasteiger partial charge in [-0.3, -0.25) is 4.79 Å². The average Bonchev–Trinajstić information content (AvgIpc) is 1.90. The fourth-order valence-corrected chi connectivity index (χ4v) is 0.559. The van der Waals surface area contributed by atoms with E-state index in [-0.39, 0.29) is 5.56 Å². The van der Waals surface area contributed by atoms with Crippen LogP contribution in [-0.4, -0.2) is 9.55 Å². The lowest BCUT2D eigenvalue weighted by molar-refractivity contribution is 0.729. The van der Waals surface area contributed by atoms with Crippen molar-refractivity contribution in [2.75, 3.05) is 0 Å². The minimum Gasteiger partial charge on any atom is -0.339 e. The van der Waals surface area contributed by atoms with E-state index >= 15 is 0 Å². The number of rotatable bonds is 1. The summed E-state index contributed by atoms with van der Waals surface area (Å²) in [4.78, 5) is 14.0. The maximum absolute atomic E-state index is 10.4. The Morgan fingerprint density at radius 3 is 3.00 bits per heavy atom. The molecule has 0 N–H and O–H groups in total. The van der Waals surface area contributed by atoms with E-state index in [0.29, 0.717) is 0 Å². The van der Waals surface area contributed by atoms with Crippen LogP contribution in [0.1, 0.15) is 6.92 Å². The topological polar surface area (TPSA) is 34.9 Å². The van der Waals surface area contributed by atoms with Crippen LogP contribution in [0, 0.1) is 0 Å². The Balaban J connectivity index is 3.02. The Bertz CT molecular complexity index is 221. The van der Waals surface area contributed by atoms with Crippen LogP contribution in [0.5, 0.6) is 0 Å². The van der Waals surface area contributed by atoms with Crippen LogP contribution in [0.4, 0.5) is 0 Å². The van der Waals surface area contributed by atoms with Gasteiger partial charge in [-0.25, -0.2) is 0 Å². The minimum atomic E-state index is -0.181. The Hall–Kier alpha value is -1.12. The summed E-state index contributed by atoms with van der Waals surface area (Å²) in [6, 6.07) is 1.45. The molecule has 0 atom stereocenters. The van der Waals surface area contributed by atoms with Gasteiger partial charge in [0.2, 0.25) is 0 Å². The normalized spacial score (nSPS) is 9.44. The number of hydrogen-bond acceptors (Lipinski definition) is 2. The van der Waals surface area contributed by atoms with Crippen molar-refractivity contribution in [3.63, 3.8) is 0 Å². The van der Waals surface area contributed by atoms with E-state index in [1.54, 1.807) is 6.20 Å². The van der Waals surface area contributed by atoms with Gasteiger partial charge in [-0.05, 0) is 6.92 Å². The smallest absolute Gasteiger partial charge is 0.272 e. The molecule has 0 radical (unpaired) electrons. The summed E-state index contributed by atoms with van der Waals surface area (Å²) in [5.74, 6) is 0. The summed E-state index contributed by atoms with van der Waals surface area (Å²) in [6.07, 6.45) is 3.25. The van der Waals surface area contributed by atoms with Crippen molar-refractivity contribution in [1.29, 1.82) is 0 Å². The van der Waals surface area contributed by atoms with Gasteiger partial charge in [-0.2, -0.15) is 4.98 Å². The third-order valence-electron chi connectivity index (χ3n) is 1.11. The van der Waals surface area contributed by atoms with Gasteiger partial charge in [0, 0.05) is 18.8 Å². The first-order chi connectivity index (χ1) is 4.33. The molecular weight excluding hydrogens is 116 g/mol. The van der Waals surface area contributed by atoms with Gasteiger partial charge in [0.15, 0.2) is 0 Å². The lowest BCUT2D eigenvalue weighted by Crippen LogP contribution is -2.07. The molecule has 1 heterocycles. The van der Waals surface area contributed by atoms with Gasteiger partial charge in [-0.15, -0.1) is 0 Å². The summed E-state index contributed by atoms with van der Waals surface area (Å²) < 4.78 is 1.83. The van der Waals surface area contributed by atoms with E-state index in [9.17, 15) is 4.79 Å². The molecule has 0 aliphatic carbocycles. The van der Waals surface area contributed by atoms with Crippen LogP contribution in [0.25, 0.3) is 0 Å². The third-order valence-corrected chi connectivity index (χ3v) is 1.11. The Kier molecular flexibility index (Phi) is 1.63. The number of hydrogen-bond donors (Lipinski definition) is 0. The van der Waals surface area contributed by atoms with Crippen molar-refractivity contribution in [1.82, 2.24) is 9.55 Å². The molecule has 0 unspecified atom stereocenters. The zero-order valence-electron chi connectivity index (χ0n) is 5.24. The Morgan fingerprint density at radius 1 is 1.78 bits per heavy atom. The quantitative estimate of drug-likeness (QED) is 0.538. The second-order valence-corrected chi connectivity index (χ2v) is 1.73. The van der Waals surface area contributed by atoms with Crippen LogP contribution in [-0.2, 0) is 6.54 Å². The van der Waals surface area contributed by atoms with Gasteiger partial charge < -0.3 is 4.57 Å². The van der Waals surface area contributed by atoms with Crippen molar-refractivity contribution in [2.45, 2.75) is 13.5 Å². The fraction of sp³-hybridized carbons (Fsp3) is 0.333. The van der Waals surface area contributed by atoms with Crippen molar-refractivity contribution < 1.29 is 0 Å². The molecule has 0 aromatic carbocycles. The molecule has 0 spiro atoms. The van der Waals surface area contributed by atoms with Crippen LogP contribution in [0.3, 0.4) is 0 Å². The largest absolute Gasteiger partial charge is 0.339 e. The fourth-order valence-electron chi connectivity index (χ4n) is 0.559. The Labute approximate surface area is 53.0 Å². The predicted octanol–water partition coefficient (Wildman–Crippen LogP) is 0.263. The molecule has 0 saturated carbocycles. The van der Waals surface area contributed by atoms with E-state index in [1.807, 2.05) is 11.5 Å². The van der Waals surface area contributed by atoms with Gasteiger partial charge >= 0.3 is 0 Å². The predicted molar refractivity (Wildman–Crippen MR) is 34.2 cm³/mol. The van der Waals surface area contributed by atoms with Crippen molar-refractivity contribution in [3.05, 3.63) is 28.9 Å². The molecule has 1 rings (SSSR count). The molecule has 3 heteroatoms. The molecule has 9 heavy (non-hydrogen) atoms. The summed E-state index contributed by atoms with van der Waals surface area (Å²) in [6.45, 7) is 2.85. The zero-order chi connectivity index (χ0) is 6.69. The van der Waals surface area contributed by atoms with E-state index in [0.717, 1.165) is 6.54 Å². The van der Waals surface area contributed by atoms with Gasteiger partial charge in [0.25, 0.3) is 5.56 Å². The SMILES string of the molecule is CCn1ccc(=O)nc1. The van der Waals surface area contributed by atoms with Crippen LogP contribution in [0.15, 0.2) is 23.4 Å². The highest BCUT2D eigenvalue weighted by Gasteiger charge is 1.82.